The number of carbonyl (C=O) groups is 4. The second-order valence-electron chi connectivity index (χ2n) is 8.74. The van der Waals surface area contributed by atoms with Gasteiger partial charge in [-0.2, -0.15) is 0 Å². The monoisotopic (exact) mass is 532 g/mol. The van der Waals surface area contributed by atoms with Gasteiger partial charge in [-0.15, -0.1) is 23.1 Å². The SMILES string of the molecule is CC(=O)C1=CS[C@@H]2C(NC(=O)Cc3cccs3)C(=O)N2C1C(=O)OC(c1ccccc1)c1ccccc1. The Morgan fingerprint density at radius 3 is 2.19 bits per heavy atom. The number of Topliss-reactive ketones (excluding diaryl/α,β-unsaturated/α-hetero) is 1. The third-order valence-corrected chi connectivity index (χ3v) is 8.33. The molecule has 1 aromatic heterocycles. The fraction of sp³-hybridized carbons (Fsp3) is 0.214. The Hall–Kier alpha value is -3.69. The Bertz CT molecular complexity index is 1300. The van der Waals surface area contributed by atoms with Crippen molar-refractivity contribution >= 4 is 46.7 Å². The smallest absolute Gasteiger partial charge is 0.334 e. The molecular formula is C28H24N2O5S2. The van der Waals surface area contributed by atoms with Crippen LogP contribution in [0.3, 0.4) is 0 Å². The van der Waals surface area contributed by atoms with E-state index in [1.165, 1.54) is 34.9 Å². The molecule has 1 fully saturated rings. The molecule has 2 aliphatic heterocycles. The van der Waals surface area contributed by atoms with Gasteiger partial charge in [0.2, 0.25) is 11.8 Å². The number of hydrogen-bond acceptors (Lipinski definition) is 7. The molecule has 0 radical (unpaired) electrons. The Labute approximate surface area is 222 Å². The second kappa shape index (κ2) is 10.7. The Kier molecular flexibility index (Phi) is 7.25. The zero-order valence-corrected chi connectivity index (χ0v) is 21.5. The minimum Gasteiger partial charge on any atom is -0.451 e. The van der Waals surface area contributed by atoms with Crippen LogP contribution in [0.4, 0.5) is 0 Å². The number of benzene rings is 2. The lowest BCUT2D eigenvalue weighted by Gasteiger charge is -2.51. The number of amides is 2. The number of thiophene rings is 1. The molecule has 3 aromatic rings. The molecule has 0 spiro atoms. The van der Waals surface area contributed by atoms with Crippen LogP contribution in [0.25, 0.3) is 0 Å². The van der Waals surface area contributed by atoms with E-state index in [0.717, 1.165) is 16.0 Å². The minimum atomic E-state index is -1.18. The van der Waals surface area contributed by atoms with Crippen molar-refractivity contribution in [2.45, 2.75) is 36.9 Å². The highest BCUT2D eigenvalue weighted by atomic mass is 32.2. The summed E-state index contributed by atoms with van der Waals surface area (Å²) in [4.78, 5) is 54.1. The molecule has 1 N–H and O–H groups in total. The normalized spacial score (nSPS) is 20.5. The maximum Gasteiger partial charge on any atom is 0.334 e. The molecule has 5 rings (SSSR count). The van der Waals surface area contributed by atoms with Gasteiger partial charge >= 0.3 is 5.97 Å². The van der Waals surface area contributed by atoms with E-state index in [-0.39, 0.29) is 23.7 Å². The van der Waals surface area contributed by atoms with Gasteiger partial charge < -0.3 is 15.0 Å². The van der Waals surface area contributed by atoms with E-state index in [9.17, 15) is 19.2 Å². The fourth-order valence-corrected chi connectivity index (χ4v) is 6.45. The molecule has 188 valence electrons. The van der Waals surface area contributed by atoms with Crippen LogP contribution in [-0.4, -0.2) is 45.9 Å². The van der Waals surface area contributed by atoms with Crippen LogP contribution in [0.1, 0.15) is 29.0 Å². The summed E-state index contributed by atoms with van der Waals surface area (Å²) in [6.45, 7) is 1.36. The van der Waals surface area contributed by atoms with Crippen molar-refractivity contribution in [1.29, 1.82) is 0 Å². The van der Waals surface area contributed by atoms with Crippen molar-refractivity contribution in [3.63, 3.8) is 0 Å². The van der Waals surface area contributed by atoms with Gasteiger partial charge in [0.1, 0.15) is 11.4 Å². The molecule has 1 saturated heterocycles. The first-order valence-corrected chi connectivity index (χ1v) is 13.6. The standard InChI is InChI=1S/C28H24N2O5S2/c1-17(31)21-16-37-27-23(29-22(32)15-20-13-8-14-36-20)26(33)30(27)24(21)28(34)35-25(18-9-4-2-5-10-18)19-11-6-3-7-12-19/h2-14,16,23-25,27H,15H2,1H3,(H,29,32)/t23?,24?,27-/m1/s1. The maximum absolute atomic E-state index is 13.6. The average Bonchev–Trinajstić information content (AvgIpc) is 3.43. The number of ketones is 1. The molecule has 3 heterocycles. The largest absolute Gasteiger partial charge is 0.451 e. The first kappa shape index (κ1) is 25.0. The lowest BCUT2D eigenvalue weighted by Crippen LogP contribution is -2.74. The van der Waals surface area contributed by atoms with Gasteiger partial charge in [0, 0.05) is 10.5 Å². The Balaban J connectivity index is 1.38. The predicted octanol–water partition coefficient (Wildman–Crippen LogP) is 3.86. The summed E-state index contributed by atoms with van der Waals surface area (Å²) in [7, 11) is 0. The number of nitrogens with zero attached hydrogens (tertiary/aromatic N) is 1. The summed E-state index contributed by atoms with van der Waals surface area (Å²) < 4.78 is 6.01. The minimum absolute atomic E-state index is 0.175. The number of fused-ring (bicyclic) bond motifs is 1. The van der Waals surface area contributed by atoms with Crippen LogP contribution in [0.2, 0.25) is 0 Å². The first-order chi connectivity index (χ1) is 17.9. The van der Waals surface area contributed by atoms with E-state index < -0.39 is 35.4 Å². The van der Waals surface area contributed by atoms with Crippen LogP contribution < -0.4 is 5.32 Å². The summed E-state index contributed by atoms with van der Waals surface area (Å²) in [5.41, 5.74) is 1.74. The van der Waals surface area contributed by atoms with Crippen LogP contribution in [0.5, 0.6) is 0 Å². The number of nitrogens with one attached hydrogen (secondary N) is 1. The third kappa shape index (κ3) is 5.10. The summed E-state index contributed by atoms with van der Waals surface area (Å²) >= 11 is 2.71. The predicted molar refractivity (Wildman–Crippen MR) is 142 cm³/mol. The Morgan fingerprint density at radius 2 is 1.62 bits per heavy atom. The van der Waals surface area contributed by atoms with Crippen molar-refractivity contribution in [2.75, 3.05) is 0 Å². The highest BCUT2D eigenvalue weighted by molar-refractivity contribution is 8.03. The lowest BCUT2D eigenvalue weighted by atomic mass is 9.95. The van der Waals surface area contributed by atoms with Crippen molar-refractivity contribution in [2.24, 2.45) is 0 Å². The van der Waals surface area contributed by atoms with Crippen molar-refractivity contribution < 1.29 is 23.9 Å². The summed E-state index contributed by atoms with van der Waals surface area (Å²) in [6.07, 6.45) is -0.539. The Morgan fingerprint density at radius 1 is 0.973 bits per heavy atom. The lowest BCUT2D eigenvalue weighted by molar-refractivity contribution is -0.165. The second-order valence-corrected chi connectivity index (χ2v) is 10.8. The number of β-lactam (4-membered cyclic amide) rings is 1. The van der Waals surface area contributed by atoms with Crippen LogP contribution in [-0.2, 0) is 30.3 Å². The highest BCUT2D eigenvalue weighted by Crippen LogP contribution is 2.41. The summed E-state index contributed by atoms with van der Waals surface area (Å²) in [5, 5.41) is 5.78. The molecule has 0 bridgehead atoms. The zero-order valence-electron chi connectivity index (χ0n) is 19.9. The molecule has 2 unspecified atom stereocenters. The molecule has 3 atom stereocenters. The van der Waals surface area contributed by atoms with Gasteiger partial charge in [0.05, 0.1) is 6.42 Å². The third-order valence-electron chi connectivity index (χ3n) is 6.29. The van der Waals surface area contributed by atoms with E-state index in [0.29, 0.717) is 0 Å². The fourth-order valence-electron chi connectivity index (χ4n) is 4.47. The number of ether oxygens (including phenoxy) is 1. The van der Waals surface area contributed by atoms with Gasteiger partial charge in [-0.05, 0) is 34.9 Å². The van der Waals surface area contributed by atoms with Gasteiger partial charge in [0.25, 0.3) is 0 Å². The number of esters is 1. The number of hydrogen-bond donors (Lipinski definition) is 1. The average molecular weight is 533 g/mol. The van der Waals surface area contributed by atoms with Crippen LogP contribution in [0, 0.1) is 0 Å². The van der Waals surface area contributed by atoms with Crippen LogP contribution in [0.15, 0.2) is 89.2 Å². The van der Waals surface area contributed by atoms with E-state index in [2.05, 4.69) is 5.32 Å². The summed E-state index contributed by atoms with van der Waals surface area (Å²) in [6, 6.07) is 20.4. The van der Waals surface area contributed by atoms with Crippen molar-refractivity contribution in [3.8, 4) is 0 Å². The molecule has 2 aliphatic rings. The van der Waals surface area contributed by atoms with E-state index in [1.54, 1.807) is 5.41 Å². The van der Waals surface area contributed by atoms with Crippen molar-refractivity contribution in [1.82, 2.24) is 10.2 Å². The number of thioether (sulfide) groups is 1. The molecule has 2 amide bonds. The molecule has 0 aliphatic carbocycles. The van der Waals surface area contributed by atoms with E-state index >= 15 is 0 Å². The molecule has 2 aromatic carbocycles. The van der Waals surface area contributed by atoms with Gasteiger partial charge in [-0.3, -0.25) is 14.4 Å². The zero-order chi connectivity index (χ0) is 25.9. The quantitative estimate of drug-likeness (QED) is 0.350. The van der Waals surface area contributed by atoms with Crippen molar-refractivity contribution in [3.05, 3.63) is 105 Å². The highest BCUT2D eigenvalue weighted by Gasteiger charge is 2.57. The maximum atomic E-state index is 13.6. The molecular weight excluding hydrogens is 508 g/mol. The van der Waals surface area contributed by atoms with Gasteiger partial charge in [-0.1, -0.05) is 66.7 Å². The van der Waals surface area contributed by atoms with E-state index in [4.69, 9.17) is 4.74 Å². The van der Waals surface area contributed by atoms with E-state index in [1.807, 2.05) is 78.2 Å². The summed E-state index contributed by atoms with van der Waals surface area (Å²) in [5.74, 6) is -1.69. The number of rotatable bonds is 8. The topological polar surface area (TPSA) is 92.8 Å². The molecule has 37 heavy (non-hydrogen) atoms. The van der Waals surface area contributed by atoms with Gasteiger partial charge in [-0.25, -0.2) is 4.79 Å². The number of carbonyl (C=O) groups excluding carboxylic acids is 4. The first-order valence-electron chi connectivity index (χ1n) is 11.7. The molecule has 7 nitrogen and oxygen atoms in total. The van der Waals surface area contributed by atoms with Crippen LogP contribution >= 0.6 is 23.1 Å². The van der Waals surface area contributed by atoms with Gasteiger partial charge in [0.15, 0.2) is 17.9 Å². The molecule has 9 heteroatoms. The molecule has 0 saturated carbocycles.